The molecule has 1 atom stereocenters. The number of hydroxylamine groups is 1. The van der Waals surface area contributed by atoms with Gasteiger partial charge in [-0.25, -0.2) is 5.48 Å². The first-order valence-electron chi connectivity index (χ1n) is 12.5. The summed E-state index contributed by atoms with van der Waals surface area (Å²) in [6.07, 6.45) is 3.20. The number of fused-ring (bicyclic) bond motifs is 1. The molecule has 8 heteroatoms. The van der Waals surface area contributed by atoms with E-state index in [4.69, 9.17) is 9.94 Å². The molecule has 1 aromatic heterocycles. The van der Waals surface area contributed by atoms with Gasteiger partial charge in [-0.1, -0.05) is 18.2 Å². The molecule has 1 saturated carbocycles. The van der Waals surface area contributed by atoms with Gasteiger partial charge in [0, 0.05) is 41.8 Å². The fraction of sp³-hybridized carbons (Fsp3) is 0.393. The monoisotopic (exact) mass is 488 g/mol. The molecule has 0 bridgehead atoms. The zero-order valence-corrected chi connectivity index (χ0v) is 20.5. The summed E-state index contributed by atoms with van der Waals surface area (Å²) in [5.41, 5.74) is 4.45. The van der Waals surface area contributed by atoms with Crippen LogP contribution in [0.5, 0.6) is 5.75 Å². The summed E-state index contributed by atoms with van der Waals surface area (Å²) in [6, 6.07) is 17.1. The molecule has 1 aliphatic carbocycles. The predicted octanol–water partition coefficient (Wildman–Crippen LogP) is 3.60. The van der Waals surface area contributed by atoms with Gasteiger partial charge >= 0.3 is 0 Å². The molecule has 3 N–H and O–H groups in total. The van der Waals surface area contributed by atoms with Gasteiger partial charge in [0.1, 0.15) is 12.4 Å². The molecule has 2 heterocycles. The van der Waals surface area contributed by atoms with E-state index < -0.39 is 11.4 Å². The number of hydrogen-bond acceptors (Lipinski definition) is 6. The van der Waals surface area contributed by atoms with E-state index in [0.29, 0.717) is 30.9 Å². The van der Waals surface area contributed by atoms with Gasteiger partial charge in [0.2, 0.25) is 5.91 Å². The SMILES string of the molecule is Cc1cc(COc2ccc(C(=O)NC3(CC(=O)NO)CCN(CC4CC4)C3)cc2)c2ccccc2n1. The molecule has 2 aliphatic rings. The van der Waals surface area contributed by atoms with Crippen molar-refractivity contribution in [2.45, 2.75) is 44.8 Å². The number of hydrogen-bond donors (Lipinski definition) is 3. The molecular weight excluding hydrogens is 456 g/mol. The molecular formula is C28H32N4O4. The number of amides is 2. The van der Waals surface area contributed by atoms with Crippen LogP contribution in [-0.4, -0.2) is 52.1 Å². The van der Waals surface area contributed by atoms with Crippen molar-refractivity contribution in [3.63, 3.8) is 0 Å². The fourth-order valence-corrected chi connectivity index (χ4v) is 5.11. The Hall–Kier alpha value is -3.49. The Labute approximate surface area is 210 Å². The predicted molar refractivity (Wildman–Crippen MR) is 136 cm³/mol. The largest absolute Gasteiger partial charge is 0.489 e. The number of benzene rings is 2. The van der Waals surface area contributed by atoms with Crippen molar-refractivity contribution in [3.8, 4) is 5.75 Å². The van der Waals surface area contributed by atoms with E-state index in [1.165, 1.54) is 12.8 Å². The van der Waals surface area contributed by atoms with Gasteiger partial charge in [0.25, 0.3) is 5.91 Å². The number of aryl methyl sites for hydroxylation is 1. The highest BCUT2D eigenvalue weighted by Crippen LogP contribution is 2.33. The van der Waals surface area contributed by atoms with Crippen molar-refractivity contribution in [1.29, 1.82) is 0 Å². The number of carbonyl (C=O) groups excluding carboxylic acids is 2. The molecule has 1 saturated heterocycles. The number of nitrogens with zero attached hydrogens (tertiary/aromatic N) is 2. The van der Waals surface area contributed by atoms with E-state index in [9.17, 15) is 9.59 Å². The lowest BCUT2D eigenvalue weighted by Gasteiger charge is -2.30. The fourth-order valence-electron chi connectivity index (χ4n) is 5.11. The molecule has 2 aromatic carbocycles. The number of para-hydroxylation sites is 1. The number of likely N-dealkylation sites (tertiary alicyclic amines) is 1. The third kappa shape index (κ3) is 5.66. The van der Waals surface area contributed by atoms with Crippen LogP contribution in [-0.2, 0) is 11.4 Å². The van der Waals surface area contributed by atoms with E-state index in [-0.39, 0.29) is 12.3 Å². The molecule has 0 spiro atoms. The Bertz CT molecular complexity index is 1260. The Morgan fingerprint density at radius 3 is 2.69 bits per heavy atom. The van der Waals surface area contributed by atoms with Gasteiger partial charge in [-0.2, -0.15) is 0 Å². The quantitative estimate of drug-likeness (QED) is 0.314. The minimum atomic E-state index is -0.700. The van der Waals surface area contributed by atoms with Crippen LogP contribution in [0.2, 0.25) is 0 Å². The Morgan fingerprint density at radius 2 is 1.94 bits per heavy atom. The second kappa shape index (κ2) is 10.2. The maximum atomic E-state index is 13.1. The number of rotatable bonds is 9. The maximum absolute atomic E-state index is 13.1. The molecule has 1 unspecified atom stereocenters. The standard InChI is InChI=1S/C28H32N4O4/c1-19-14-22(24-4-2-3-5-25(24)29-19)17-36-23-10-8-21(9-11-23)27(34)30-28(15-26(33)31-35)12-13-32(18-28)16-20-6-7-20/h2-5,8-11,14,20,35H,6-7,12-13,15-18H2,1H3,(H,30,34)(H,31,33). The van der Waals surface area contributed by atoms with Crippen molar-refractivity contribution in [2.24, 2.45) is 5.92 Å². The first-order chi connectivity index (χ1) is 17.4. The highest BCUT2D eigenvalue weighted by Gasteiger charge is 2.42. The molecule has 1 aliphatic heterocycles. The highest BCUT2D eigenvalue weighted by atomic mass is 16.5. The third-order valence-electron chi connectivity index (χ3n) is 7.09. The molecule has 8 nitrogen and oxygen atoms in total. The van der Waals surface area contributed by atoms with Gasteiger partial charge < -0.3 is 15.0 Å². The smallest absolute Gasteiger partial charge is 0.251 e. The number of carbonyl (C=O) groups is 2. The van der Waals surface area contributed by atoms with Crippen molar-refractivity contribution < 1.29 is 19.5 Å². The Kier molecular flexibility index (Phi) is 6.89. The van der Waals surface area contributed by atoms with E-state index in [2.05, 4.69) is 15.2 Å². The molecule has 188 valence electrons. The summed E-state index contributed by atoms with van der Waals surface area (Å²) in [5.74, 6) is 0.656. The maximum Gasteiger partial charge on any atom is 0.251 e. The van der Waals surface area contributed by atoms with Crippen molar-refractivity contribution >= 4 is 22.7 Å². The molecule has 0 radical (unpaired) electrons. The number of aromatic nitrogens is 1. The molecule has 2 fully saturated rings. The Balaban J connectivity index is 1.24. The van der Waals surface area contributed by atoms with E-state index in [1.807, 2.05) is 37.3 Å². The van der Waals surface area contributed by atoms with Crippen LogP contribution in [0, 0.1) is 12.8 Å². The van der Waals surface area contributed by atoms with Gasteiger partial charge in [-0.3, -0.25) is 19.8 Å². The number of pyridine rings is 1. The third-order valence-corrected chi connectivity index (χ3v) is 7.09. The van der Waals surface area contributed by atoms with Crippen LogP contribution in [0.25, 0.3) is 10.9 Å². The van der Waals surface area contributed by atoms with E-state index in [0.717, 1.165) is 41.2 Å². The van der Waals surface area contributed by atoms with Crippen molar-refractivity contribution in [2.75, 3.05) is 19.6 Å². The highest BCUT2D eigenvalue weighted by molar-refractivity contribution is 5.95. The molecule has 5 rings (SSSR count). The summed E-state index contributed by atoms with van der Waals surface area (Å²) < 4.78 is 6.02. The molecule has 36 heavy (non-hydrogen) atoms. The molecule has 2 amide bonds. The summed E-state index contributed by atoms with van der Waals surface area (Å²) >= 11 is 0. The molecule has 3 aromatic rings. The first kappa shape index (κ1) is 24.2. The van der Waals surface area contributed by atoms with Crippen molar-refractivity contribution in [1.82, 2.24) is 20.7 Å². The van der Waals surface area contributed by atoms with E-state index in [1.54, 1.807) is 29.7 Å². The minimum Gasteiger partial charge on any atom is -0.489 e. The van der Waals surface area contributed by atoms with Crippen LogP contribution in [0.3, 0.4) is 0 Å². The second-order valence-corrected chi connectivity index (χ2v) is 10.1. The van der Waals surface area contributed by atoms with Gasteiger partial charge in [-0.15, -0.1) is 0 Å². The summed E-state index contributed by atoms with van der Waals surface area (Å²) in [5, 5.41) is 13.2. The van der Waals surface area contributed by atoms with Gasteiger partial charge in [0.05, 0.1) is 17.5 Å². The van der Waals surface area contributed by atoms with Crippen molar-refractivity contribution in [3.05, 3.63) is 71.4 Å². The van der Waals surface area contributed by atoms with Crippen LogP contribution in [0.15, 0.2) is 54.6 Å². The second-order valence-electron chi connectivity index (χ2n) is 10.1. The zero-order valence-electron chi connectivity index (χ0n) is 20.5. The number of nitrogens with one attached hydrogen (secondary N) is 2. The zero-order chi connectivity index (χ0) is 25.1. The van der Waals surface area contributed by atoms with Crippen LogP contribution < -0.4 is 15.5 Å². The topological polar surface area (TPSA) is 104 Å². The normalized spacial score (nSPS) is 19.8. The van der Waals surface area contributed by atoms with Gasteiger partial charge in [-0.05, 0) is 68.5 Å². The van der Waals surface area contributed by atoms with Crippen LogP contribution in [0.4, 0.5) is 0 Å². The average Bonchev–Trinajstić information content (AvgIpc) is 3.61. The summed E-state index contributed by atoms with van der Waals surface area (Å²) in [4.78, 5) is 32.0. The first-order valence-corrected chi connectivity index (χ1v) is 12.5. The lowest BCUT2D eigenvalue weighted by Crippen LogP contribution is -2.53. The average molecular weight is 489 g/mol. The van der Waals surface area contributed by atoms with E-state index >= 15 is 0 Å². The number of ether oxygens (including phenoxy) is 1. The Morgan fingerprint density at radius 1 is 1.17 bits per heavy atom. The minimum absolute atomic E-state index is 0.0386. The lowest BCUT2D eigenvalue weighted by atomic mass is 9.93. The summed E-state index contributed by atoms with van der Waals surface area (Å²) in [6.45, 7) is 4.78. The van der Waals surface area contributed by atoms with Gasteiger partial charge in [0.15, 0.2) is 0 Å². The van der Waals surface area contributed by atoms with Crippen LogP contribution >= 0.6 is 0 Å². The lowest BCUT2D eigenvalue weighted by molar-refractivity contribution is -0.130. The summed E-state index contributed by atoms with van der Waals surface area (Å²) in [7, 11) is 0. The van der Waals surface area contributed by atoms with Crippen LogP contribution in [0.1, 0.15) is 47.3 Å².